The molecule has 0 N–H and O–H groups in total. The highest BCUT2D eigenvalue weighted by atomic mass is 16.1. The van der Waals surface area contributed by atoms with Gasteiger partial charge in [-0.1, -0.05) is 32.9 Å². The molecular weight excluding hydrogens is 211 g/mol. The van der Waals surface area contributed by atoms with E-state index in [2.05, 4.69) is 25.8 Å². The van der Waals surface area contributed by atoms with Crippen molar-refractivity contribution in [2.45, 2.75) is 33.1 Å². The Kier molecular flexibility index (Phi) is 2.61. The lowest BCUT2D eigenvalue weighted by Gasteiger charge is -2.21. The van der Waals surface area contributed by atoms with Crippen molar-refractivity contribution < 1.29 is 0 Å². The molecule has 2 aromatic rings. The van der Waals surface area contributed by atoms with Crippen LogP contribution in [-0.4, -0.2) is 17.4 Å². The van der Waals surface area contributed by atoms with E-state index >= 15 is 0 Å². The van der Waals surface area contributed by atoms with Crippen molar-refractivity contribution in [1.29, 1.82) is 0 Å². The average Bonchev–Trinajstić information content (AvgIpc) is 2.24. The summed E-state index contributed by atoms with van der Waals surface area (Å²) in [7, 11) is 1.76. The predicted octanol–water partition coefficient (Wildman–Crippen LogP) is 1.40. The van der Waals surface area contributed by atoms with Crippen LogP contribution in [0.1, 0.15) is 32.2 Å². The molecule has 0 radical (unpaired) electrons. The quantitative estimate of drug-likeness (QED) is 0.639. The van der Waals surface area contributed by atoms with Crippen molar-refractivity contribution >= 4 is 18.9 Å². The molecule has 0 unspecified atom stereocenters. The van der Waals surface area contributed by atoms with Crippen LogP contribution in [0.3, 0.4) is 0 Å². The molecule has 0 saturated heterocycles. The van der Waals surface area contributed by atoms with Crippen LogP contribution in [0.4, 0.5) is 0 Å². The van der Waals surface area contributed by atoms with Crippen LogP contribution in [-0.2, 0) is 5.41 Å². The van der Waals surface area contributed by atoms with Gasteiger partial charge >= 0.3 is 0 Å². The van der Waals surface area contributed by atoms with Gasteiger partial charge in [-0.05, 0) is 24.0 Å². The SMILES string of the molecule is Bn1c(C)nc2c(C(C)(C)C)cccc2c1=O. The fourth-order valence-corrected chi connectivity index (χ4v) is 2.01. The maximum atomic E-state index is 12.2. The summed E-state index contributed by atoms with van der Waals surface area (Å²) in [6, 6.07) is 5.83. The van der Waals surface area contributed by atoms with Gasteiger partial charge in [0.05, 0.1) is 16.7 Å². The van der Waals surface area contributed by atoms with E-state index in [1.165, 1.54) is 0 Å². The van der Waals surface area contributed by atoms with Crippen molar-refractivity contribution in [3.05, 3.63) is 39.9 Å². The Labute approximate surface area is 102 Å². The molecule has 4 heteroatoms. The van der Waals surface area contributed by atoms with E-state index in [0.29, 0.717) is 5.39 Å². The standard InChI is InChI=1S/C13H17BN2O/c1-8-15-11-9(12(17)16(8)14)6-5-7-10(11)13(2,3)4/h5-7H,14H2,1-4H3. The topological polar surface area (TPSA) is 34.9 Å². The lowest BCUT2D eigenvalue weighted by Crippen LogP contribution is -2.24. The Morgan fingerprint density at radius 1 is 1.29 bits per heavy atom. The number of fused-ring (bicyclic) bond motifs is 1. The van der Waals surface area contributed by atoms with Crippen molar-refractivity contribution in [3.63, 3.8) is 0 Å². The largest absolute Gasteiger partial charge is 0.350 e. The molecule has 1 aromatic heterocycles. The summed E-state index contributed by atoms with van der Waals surface area (Å²) >= 11 is 0. The second-order valence-electron chi connectivity index (χ2n) is 5.47. The zero-order valence-electron chi connectivity index (χ0n) is 11.0. The number of hydrogen-bond donors (Lipinski definition) is 0. The Morgan fingerprint density at radius 2 is 1.94 bits per heavy atom. The molecular formula is C13H17BN2O. The molecule has 3 nitrogen and oxygen atoms in total. The molecule has 2 rings (SSSR count). The zero-order chi connectivity index (χ0) is 12.8. The van der Waals surface area contributed by atoms with Gasteiger partial charge in [0.15, 0.2) is 0 Å². The highest BCUT2D eigenvalue weighted by Crippen LogP contribution is 2.27. The summed E-state index contributed by atoms with van der Waals surface area (Å²) in [6.07, 6.45) is 0. The Balaban J connectivity index is 2.97. The number of para-hydroxylation sites is 1. The van der Waals surface area contributed by atoms with E-state index in [4.69, 9.17) is 0 Å². The molecule has 0 aliphatic carbocycles. The fourth-order valence-electron chi connectivity index (χ4n) is 2.01. The van der Waals surface area contributed by atoms with E-state index in [-0.39, 0.29) is 11.0 Å². The number of hydrogen-bond acceptors (Lipinski definition) is 2. The lowest BCUT2D eigenvalue weighted by atomic mass is 9.85. The minimum atomic E-state index is -0.00862. The Morgan fingerprint density at radius 3 is 2.53 bits per heavy atom. The molecule has 0 fully saturated rings. The van der Waals surface area contributed by atoms with E-state index < -0.39 is 0 Å². The van der Waals surface area contributed by atoms with Crippen LogP contribution in [0.15, 0.2) is 23.0 Å². The molecule has 0 amide bonds. The number of rotatable bonds is 0. The molecule has 0 saturated carbocycles. The Bertz CT molecular complexity index is 638. The molecule has 0 bridgehead atoms. The second-order valence-corrected chi connectivity index (χ2v) is 5.47. The first kappa shape index (κ1) is 11.9. The normalized spacial score (nSPS) is 12.0. The first-order chi connectivity index (χ1) is 7.82. The maximum Gasteiger partial charge on any atom is 0.248 e. The highest BCUT2D eigenvalue weighted by Gasteiger charge is 2.19. The molecule has 1 heterocycles. The van der Waals surface area contributed by atoms with Gasteiger partial charge in [0.2, 0.25) is 13.5 Å². The summed E-state index contributed by atoms with van der Waals surface area (Å²) in [6.45, 7) is 8.27. The summed E-state index contributed by atoms with van der Waals surface area (Å²) < 4.78 is 1.59. The molecule has 88 valence electrons. The fraction of sp³-hybridized carbons (Fsp3) is 0.385. The maximum absolute atomic E-state index is 12.2. The Hall–Kier alpha value is -1.58. The monoisotopic (exact) mass is 228 g/mol. The van der Waals surface area contributed by atoms with Crippen LogP contribution in [0.5, 0.6) is 0 Å². The van der Waals surface area contributed by atoms with Crippen LogP contribution in [0, 0.1) is 6.92 Å². The summed E-state index contributed by atoms with van der Waals surface area (Å²) in [4.78, 5) is 16.7. The molecule has 17 heavy (non-hydrogen) atoms. The van der Waals surface area contributed by atoms with E-state index in [1.54, 1.807) is 12.5 Å². The number of aromatic nitrogens is 2. The smallest absolute Gasteiger partial charge is 0.248 e. The zero-order valence-corrected chi connectivity index (χ0v) is 11.0. The van der Waals surface area contributed by atoms with Gasteiger partial charge in [0, 0.05) is 0 Å². The number of benzene rings is 1. The van der Waals surface area contributed by atoms with Crippen LogP contribution in [0.2, 0.25) is 0 Å². The van der Waals surface area contributed by atoms with Gasteiger partial charge in [0.25, 0.3) is 0 Å². The third-order valence-corrected chi connectivity index (χ3v) is 3.14. The average molecular weight is 228 g/mol. The lowest BCUT2D eigenvalue weighted by molar-refractivity contribution is 0.594. The van der Waals surface area contributed by atoms with Crippen LogP contribution in [0.25, 0.3) is 10.9 Å². The van der Waals surface area contributed by atoms with Crippen LogP contribution >= 0.6 is 0 Å². The predicted molar refractivity (Wildman–Crippen MR) is 73.4 cm³/mol. The molecule has 1 aromatic carbocycles. The second kappa shape index (κ2) is 3.72. The van der Waals surface area contributed by atoms with Gasteiger partial charge < -0.3 is 4.48 Å². The summed E-state index contributed by atoms with van der Waals surface area (Å²) in [5.41, 5.74) is 1.97. The van der Waals surface area contributed by atoms with E-state index in [1.807, 2.05) is 25.1 Å². The van der Waals surface area contributed by atoms with Gasteiger partial charge in [0.1, 0.15) is 0 Å². The van der Waals surface area contributed by atoms with Gasteiger partial charge in [-0.2, -0.15) is 0 Å². The van der Waals surface area contributed by atoms with Crippen molar-refractivity contribution in [2.24, 2.45) is 0 Å². The number of aryl methyl sites for hydroxylation is 1. The minimum absolute atomic E-state index is 0.00862. The van der Waals surface area contributed by atoms with Crippen molar-refractivity contribution in [2.75, 3.05) is 0 Å². The molecule has 0 aliphatic heterocycles. The van der Waals surface area contributed by atoms with Crippen LogP contribution < -0.4 is 5.56 Å². The van der Waals surface area contributed by atoms with Gasteiger partial charge in [-0.15, -0.1) is 0 Å². The van der Waals surface area contributed by atoms with Gasteiger partial charge in [-0.3, -0.25) is 4.79 Å². The minimum Gasteiger partial charge on any atom is -0.350 e. The molecule has 0 atom stereocenters. The molecule has 0 aliphatic rings. The van der Waals surface area contributed by atoms with Crippen molar-refractivity contribution in [3.8, 4) is 0 Å². The third-order valence-electron chi connectivity index (χ3n) is 3.14. The number of nitrogens with zero attached hydrogens (tertiary/aromatic N) is 2. The summed E-state index contributed by atoms with van der Waals surface area (Å²) in [5.74, 6) is 0.749. The van der Waals surface area contributed by atoms with Gasteiger partial charge in [-0.25, -0.2) is 4.98 Å². The molecule has 0 spiro atoms. The van der Waals surface area contributed by atoms with E-state index in [9.17, 15) is 4.79 Å². The first-order valence-electron chi connectivity index (χ1n) is 5.79. The van der Waals surface area contributed by atoms with Crippen molar-refractivity contribution in [1.82, 2.24) is 9.46 Å². The highest BCUT2D eigenvalue weighted by molar-refractivity contribution is 6.07. The third kappa shape index (κ3) is 1.88. The summed E-state index contributed by atoms with van der Waals surface area (Å²) in [5, 5.41) is 0.700. The van der Waals surface area contributed by atoms with E-state index in [0.717, 1.165) is 16.9 Å². The first-order valence-corrected chi connectivity index (χ1v) is 5.79.